The quantitative estimate of drug-likeness (QED) is 0.489. The number of rotatable bonds is 3. The number of amides is 2. The standard InChI is InChI=1S/C13H21N3O2/c1-12(2)8(6-13(12,3)14)7-15-9-4-5-10(17)16-11(9)18/h6,9,15H,4-5,7,14H2,1-3H3,(H,16,17,18). The summed E-state index contributed by atoms with van der Waals surface area (Å²) in [6.45, 7) is 6.86. The van der Waals surface area contributed by atoms with Gasteiger partial charge >= 0.3 is 0 Å². The Bertz CT molecular complexity index is 424. The Morgan fingerprint density at radius 3 is 2.61 bits per heavy atom. The Morgan fingerprint density at radius 2 is 2.11 bits per heavy atom. The number of carbonyl (C=O) groups excluding carboxylic acids is 2. The fourth-order valence-electron chi connectivity index (χ4n) is 2.38. The summed E-state index contributed by atoms with van der Waals surface area (Å²) in [4.78, 5) is 22.6. The van der Waals surface area contributed by atoms with Crippen molar-refractivity contribution in [2.24, 2.45) is 11.1 Å². The lowest BCUT2D eigenvalue weighted by molar-refractivity contribution is -0.134. The first-order chi connectivity index (χ1) is 8.24. The topological polar surface area (TPSA) is 84.2 Å². The Labute approximate surface area is 107 Å². The van der Waals surface area contributed by atoms with E-state index in [1.807, 2.05) is 13.0 Å². The molecule has 1 fully saturated rings. The second kappa shape index (κ2) is 4.17. The Hall–Kier alpha value is -1.20. The van der Waals surface area contributed by atoms with Crippen LogP contribution >= 0.6 is 0 Å². The highest BCUT2D eigenvalue weighted by atomic mass is 16.2. The van der Waals surface area contributed by atoms with E-state index in [0.717, 1.165) is 0 Å². The summed E-state index contributed by atoms with van der Waals surface area (Å²) < 4.78 is 0. The van der Waals surface area contributed by atoms with E-state index in [1.54, 1.807) is 0 Å². The molecule has 0 aromatic carbocycles. The van der Waals surface area contributed by atoms with Crippen molar-refractivity contribution in [1.82, 2.24) is 10.6 Å². The van der Waals surface area contributed by atoms with Gasteiger partial charge in [0.25, 0.3) is 0 Å². The zero-order chi connectivity index (χ0) is 13.6. The Morgan fingerprint density at radius 1 is 1.44 bits per heavy atom. The Balaban J connectivity index is 1.91. The highest BCUT2D eigenvalue weighted by Gasteiger charge is 2.47. The predicted octanol–water partition coefficient (Wildman–Crippen LogP) is 0.0648. The van der Waals surface area contributed by atoms with E-state index in [2.05, 4.69) is 24.5 Å². The van der Waals surface area contributed by atoms with Crippen molar-refractivity contribution < 1.29 is 9.59 Å². The average Bonchev–Trinajstić information content (AvgIpc) is 2.26. The summed E-state index contributed by atoms with van der Waals surface area (Å²) in [5, 5.41) is 5.54. The van der Waals surface area contributed by atoms with Gasteiger partial charge in [-0.15, -0.1) is 0 Å². The highest BCUT2D eigenvalue weighted by Crippen LogP contribution is 2.46. The molecule has 0 spiro atoms. The molecule has 2 aliphatic rings. The van der Waals surface area contributed by atoms with Crippen LogP contribution in [0.15, 0.2) is 11.6 Å². The first-order valence-electron chi connectivity index (χ1n) is 6.32. The summed E-state index contributed by atoms with van der Waals surface area (Å²) in [5.74, 6) is -0.407. The molecule has 0 saturated carbocycles. The minimum absolute atomic E-state index is 0.0546. The van der Waals surface area contributed by atoms with Gasteiger partial charge in [-0.2, -0.15) is 0 Å². The van der Waals surface area contributed by atoms with E-state index in [0.29, 0.717) is 19.4 Å². The van der Waals surface area contributed by atoms with E-state index in [9.17, 15) is 9.59 Å². The number of hydrogen-bond donors (Lipinski definition) is 3. The maximum Gasteiger partial charge on any atom is 0.243 e. The van der Waals surface area contributed by atoms with Crippen LogP contribution in [0.1, 0.15) is 33.6 Å². The fourth-order valence-corrected chi connectivity index (χ4v) is 2.38. The van der Waals surface area contributed by atoms with Gasteiger partial charge in [0.05, 0.1) is 6.04 Å². The normalized spacial score (nSPS) is 34.7. The minimum Gasteiger partial charge on any atom is -0.321 e. The maximum atomic E-state index is 11.6. The van der Waals surface area contributed by atoms with Crippen molar-refractivity contribution in [3.63, 3.8) is 0 Å². The summed E-state index contributed by atoms with van der Waals surface area (Å²) >= 11 is 0. The molecule has 2 unspecified atom stereocenters. The van der Waals surface area contributed by atoms with Crippen molar-refractivity contribution in [2.75, 3.05) is 6.54 Å². The van der Waals surface area contributed by atoms with Crippen LogP contribution in [0, 0.1) is 5.41 Å². The molecule has 2 rings (SSSR count). The van der Waals surface area contributed by atoms with E-state index >= 15 is 0 Å². The van der Waals surface area contributed by atoms with Crippen LogP contribution in [0.3, 0.4) is 0 Å². The number of nitrogens with two attached hydrogens (primary N) is 1. The van der Waals surface area contributed by atoms with E-state index < -0.39 is 0 Å². The van der Waals surface area contributed by atoms with Crippen molar-refractivity contribution in [3.05, 3.63) is 11.6 Å². The van der Waals surface area contributed by atoms with Crippen molar-refractivity contribution >= 4 is 11.8 Å². The number of carbonyl (C=O) groups is 2. The SMILES string of the molecule is CC1(N)C=C(CNC2CCC(=O)NC2=O)C1(C)C. The van der Waals surface area contributed by atoms with Gasteiger partial charge in [0.2, 0.25) is 11.8 Å². The molecule has 18 heavy (non-hydrogen) atoms. The lowest BCUT2D eigenvalue weighted by atomic mass is 9.59. The second-order valence-electron chi connectivity index (χ2n) is 5.96. The van der Waals surface area contributed by atoms with Crippen LogP contribution in [0.4, 0.5) is 0 Å². The van der Waals surface area contributed by atoms with Gasteiger partial charge in [-0.25, -0.2) is 0 Å². The minimum atomic E-state index is -0.283. The third-order valence-corrected chi connectivity index (χ3v) is 4.40. The molecule has 0 aromatic heterocycles. The summed E-state index contributed by atoms with van der Waals surface area (Å²) in [5.41, 5.74) is 7.00. The van der Waals surface area contributed by atoms with Crippen molar-refractivity contribution in [3.8, 4) is 0 Å². The van der Waals surface area contributed by atoms with Crippen molar-refractivity contribution in [2.45, 2.75) is 45.2 Å². The molecule has 1 heterocycles. The molecule has 100 valence electrons. The second-order valence-corrected chi connectivity index (χ2v) is 5.96. The van der Waals surface area contributed by atoms with Crippen LogP contribution in [0.2, 0.25) is 0 Å². The number of imide groups is 1. The van der Waals surface area contributed by atoms with Crippen LogP contribution < -0.4 is 16.4 Å². The van der Waals surface area contributed by atoms with Gasteiger partial charge in [-0.3, -0.25) is 14.9 Å². The first kappa shape index (κ1) is 13.2. The number of hydrogen-bond acceptors (Lipinski definition) is 4. The van der Waals surface area contributed by atoms with Gasteiger partial charge in [0.15, 0.2) is 0 Å². The van der Waals surface area contributed by atoms with Crippen LogP contribution in [0.25, 0.3) is 0 Å². The molecule has 1 aliphatic carbocycles. The molecule has 1 saturated heterocycles. The average molecular weight is 251 g/mol. The molecule has 0 aromatic rings. The molecule has 5 heteroatoms. The van der Waals surface area contributed by atoms with Gasteiger partial charge in [-0.1, -0.05) is 25.5 Å². The molecule has 0 bridgehead atoms. The zero-order valence-corrected chi connectivity index (χ0v) is 11.2. The molecular weight excluding hydrogens is 230 g/mol. The maximum absolute atomic E-state index is 11.6. The smallest absolute Gasteiger partial charge is 0.243 e. The first-order valence-corrected chi connectivity index (χ1v) is 6.32. The third-order valence-electron chi connectivity index (χ3n) is 4.40. The van der Waals surface area contributed by atoms with E-state index in [4.69, 9.17) is 5.73 Å². The summed E-state index contributed by atoms with van der Waals surface area (Å²) in [6, 6.07) is -0.274. The molecule has 5 nitrogen and oxygen atoms in total. The lowest BCUT2D eigenvalue weighted by Gasteiger charge is -2.50. The van der Waals surface area contributed by atoms with Crippen LogP contribution in [-0.2, 0) is 9.59 Å². The van der Waals surface area contributed by atoms with Gasteiger partial charge in [-0.05, 0) is 13.3 Å². The van der Waals surface area contributed by atoms with Gasteiger partial charge < -0.3 is 11.1 Å². The van der Waals surface area contributed by atoms with Crippen molar-refractivity contribution in [1.29, 1.82) is 0 Å². The molecular formula is C13H21N3O2. The van der Waals surface area contributed by atoms with Gasteiger partial charge in [0.1, 0.15) is 0 Å². The molecule has 4 N–H and O–H groups in total. The highest BCUT2D eigenvalue weighted by molar-refractivity contribution is 6.00. The van der Waals surface area contributed by atoms with Gasteiger partial charge in [0, 0.05) is 23.9 Å². The molecule has 2 atom stereocenters. The molecule has 1 aliphatic heterocycles. The van der Waals surface area contributed by atoms with E-state index in [1.165, 1.54) is 5.57 Å². The predicted molar refractivity (Wildman–Crippen MR) is 68.6 cm³/mol. The molecule has 0 radical (unpaired) electrons. The van der Waals surface area contributed by atoms with Crippen LogP contribution in [0.5, 0.6) is 0 Å². The summed E-state index contributed by atoms with van der Waals surface area (Å²) in [7, 11) is 0. The molecule has 2 amide bonds. The number of nitrogens with one attached hydrogen (secondary N) is 2. The number of piperidine rings is 1. The summed E-state index contributed by atoms with van der Waals surface area (Å²) in [6.07, 6.45) is 3.02. The van der Waals surface area contributed by atoms with E-state index in [-0.39, 0.29) is 28.8 Å². The largest absolute Gasteiger partial charge is 0.321 e. The van der Waals surface area contributed by atoms with Crippen LogP contribution in [-0.4, -0.2) is 29.9 Å². The fraction of sp³-hybridized carbons (Fsp3) is 0.692. The lowest BCUT2D eigenvalue weighted by Crippen LogP contribution is -2.59. The Kier molecular flexibility index (Phi) is 3.07. The zero-order valence-electron chi connectivity index (χ0n) is 11.2. The third kappa shape index (κ3) is 2.08. The monoisotopic (exact) mass is 251 g/mol.